The van der Waals surface area contributed by atoms with Gasteiger partial charge >= 0.3 is 0 Å². The van der Waals surface area contributed by atoms with Gasteiger partial charge in [0.1, 0.15) is 5.52 Å². The summed E-state index contributed by atoms with van der Waals surface area (Å²) in [7, 11) is 0. The van der Waals surface area contributed by atoms with Crippen molar-refractivity contribution in [3.63, 3.8) is 0 Å². The zero-order chi connectivity index (χ0) is 19.7. The lowest BCUT2D eigenvalue weighted by Crippen LogP contribution is -2.33. The molecule has 2 N–H and O–H groups in total. The van der Waals surface area contributed by atoms with Crippen LogP contribution in [0.5, 0.6) is 0 Å². The lowest BCUT2D eigenvalue weighted by atomic mass is 9.89. The normalized spacial score (nSPS) is 15.4. The SMILES string of the molecule is Cc1[nH]nc2c1c(=O)n(CCCNC(=O)C1CCCCC1)c1ccc(Br)cc21. The number of amides is 1. The van der Waals surface area contributed by atoms with E-state index >= 15 is 0 Å². The third kappa shape index (κ3) is 3.60. The molecule has 2 heterocycles. The van der Waals surface area contributed by atoms with E-state index in [1.54, 1.807) is 4.57 Å². The molecule has 0 unspecified atom stereocenters. The molecule has 1 fully saturated rings. The largest absolute Gasteiger partial charge is 0.356 e. The summed E-state index contributed by atoms with van der Waals surface area (Å²) in [4.78, 5) is 25.4. The number of halogens is 1. The van der Waals surface area contributed by atoms with E-state index in [9.17, 15) is 9.59 Å². The molecule has 1 aliphatic carbocycles. The van der Waals surface area contributed by atoms with Crippen molar-refractivity contribution in [2.24, 2.45) is 5.92 Å². The summed E-state index contributed by atoms with van der Waals surface area (Å²) in [6, 6.07) is 5.89. The summed E-state index contributed by atoms with van der Waals surface area (Å²) < 4.78 is 2.76. The number of fused-ring (bicyclic) bond motifs is 3. The van der Waals surface area contributed by atoms with Gasteiger partial charge in [0, 0.05) is 34.6 Å². The van der Waals surface area contributed by atoms with Gasteiger partial charge in [-0.05, 0) is 44.4 Å². The molecule has 0 aliphatic heterocycles. The molecule has 1 amide bonds. The molecular formula is C21H25BrN4O2. The van der Waals surface area contributed by atoms with Crippen molar-refractivity contribution in [2.75, 3.05) is 6.54 Å². The lowest BCUT2D eigenvalue weighted by Gasteiger charge is -2.20. The monoisotopic (exact) mass is 444 g/mol. The average molecular weight is 445 g/mol. The Morgan fingerprint density at radius 2 is 2.11 bits per heavy atom. The average Bonchev–Trinajstić information content (AvgIpc) is 3.10. The van der Waals surface area contributed by atoms with Crippen LogP contribution in [-0.2, 0) is 11.3 Å². The number of nitrogens with one attached hydrogen (secondary N) is 2. The highest BCUT2D eigenvalue weighted by Crippen LogP contribution is 2.26. The Kier molecular flexibility index (Phi) is 5.53. The Balaban J connectivity index is 1.54. The lowest BCUT2D eigenvalue weighted by molar-refractivity contribution is -0.125. The number of carbonyl (C=O) groups is 1. The molecule has 148 valence electrons. The third-order valence-electron chi connectivity index (χ3n) is 5.74. The van der Waals surface area contributed by atoms with Gasteiger partial charge in [0.2, 0.25) is 5.91 Å². The van der Waals surface area contributed by atoms with E-state index in [0.717, 1.165) is 46.8 Å². The molecule has 7 heteroatoms. The van der Waals surface area contributed by atoms with Crippen LogP contribution in [0.15, 0.2) is 27.5 Å². The maximum Gasteiger partial charge on any atom is 0.262 e. The minimum atomic E-state index is -0.0327. The Hall–Kier alpha value is -2.15. The molecule has 0 spiro atoms. The topological polar surface area (TPSA) is 79.8 Å². The molecule has 3 aromatic rings. The van der Waals surface area contributed by atoms with Crippen LogP contribution in [0.2, 0.25) is 0 Å². The predicted octanol–water partition coefficient (Wildman–Crippen LogP) is 4.04. The van der Waals surface area contributed by atoms with Crippen molar-refractivity contribution in [2.45, 2.75) is 52.0 Å². The van der Waals surface area contributed by atoms with Crippen LogP contribution in [0.25, 0.3) is 21.8 Å². The quantitative estimate of drug-likeness (QED) is 0.582. The van der Waals surface area contributed by atoms with E-state index in [-0.39, 0.29) is 17.4 Å². The fourth-order valence-electron chi connectivity index (χ4n) is 4.24. The minimum Gasteiger partial charge on any atom is -0.356 e. The smallest absolute Gasteiger partial charge is 0.262 e. The van der Waals surface area contributed by atoms with Crippen molar-refractivity contribution in [3.05, 3.63) is 38.7 Å². The first-order valence-corrected chi connectivity index (χ1v) is 10.8. The summed E-state index contributed by atoms with van der Waals surface area (Å²) in [6.07, 6.45) is 6.26. The molecule has 0 atom stereocenters. The third-order valence-corrected chi connectivity index (χ3v) is 6.24. The molecule has 1 saturated carbocycles. The van der Waals surface area contributed by atoms with Gasteiger partial charge in [0.05, 0.1) is 10.9 Å². The van der Waals surface area contributed by atoms with Crippen LogP contribution in [0, 0.1) is 12.8 Å². The molecule has 4 rings (SSSR count). The minimum absolute atomic E-state index is 0.0327. The number of nitrogens with zero attached hydrogens (tertiary/aromatic N) is 2. The maximum atomic E-state index is 13.1. The summed E-state index contributed by atoms with van der Waals surface area (Å²) >= 11 is 3.51. The summed E-state index contributed by atoms with van der Waals surface area (Å²) in [5, 5.41) is 11.9. The van der Waals surface area contributed by atoms with Crippen LogP contribution in [0.4, 0.5) is 0 Å². The molecule has 28 heavy (non-hydrogen) atoms. The first-order valence-electron chi connectivity index (χ1n) is 10.0. The number of H-pyrrole nitrogens is 1. The van der Waals surface area contributed by atoms with Gasteiger partial charge in [0.25, 0.3) is 5.56 Å². The maximum absolute atomic E-state index is 13.1. The number of rotatable bonds is 5. The van der Waals surface area contributed by atoms with Crippen molar-refractivity contribution in [1.29, 1.82) is 0 Å². The Morgan fingerprint density at radius 1 is 1.32 bits per heavy atom. The Morgan fingerprint density at radius 3 is 2.89 bits per heavy atom. The predicted molar refractivity (Wildman–Crippen MR) is 114 cm³/mol. The number of aromatic nitrogens is 3. The first-order chi connectivity index (χ1) is 13.6. The first kappa shape index (κ1) is 19.2. The molecule has 0 saturated heterocycles. The van der Waals surface area contributed by atoms with Gasteiger partial charge < -0.3 is 9.88 Å². The van der Waals surface area contributed by atoms with E-state index in [1.807, 2.05) is 25.1 Å². The fraction of sp³-hybridized carbons (Fsp3) is 0.476. The molecule has 2 aromatic heterocycles. The van der Waals surface area contributed by atoms with Crippen molar-refractivity contribution in [3.8, 4) is 0 Å². The van der Waals surface area contributed by atoms with E-state index < -0.39 is 0 Å². The Labute approximate surface area is 171 Å². The second kappa shape index (κ2) is 8.07. The number of benzene rings is 1. The number of hydrogen-bond acceptors (Lipinski definition) is 3. The van der Waals surface area contributed by atoms with Crippen molar-refractivity contribution in [1.82, 2.24) is 20.1 Å². The van der Waals surface area contributed by atoms with Crippen LogP contribution < -0.4 is 10.9 Å². The number of hydrogen-bond donors (Lipinski definition) is 2. The van der Waals surface area contributed by atoms with Gasteiger partial charge in [-0.15, -0.1) is 0 Å². The zero-order valence-corrected chi connectivity index (χ0v) is 17.6. The number of carbonyl (C=O) groups excluding carboxylic acids is 1. The van der Waals surface area contributed by atoms with Crippen LogP contribution in [0.3, 0.4) is 0 Å². The summed E-state index contributed by atoms with van der Waals surface area (Å²) in [6.45, 7) is 3.01. The number of pyridine rings is 1. The standard InChI is InChI=1S/C21H25BrN4O2/c1-13-18-19(25-24-13)16-12-15(22)8-9-17(16)26(21(18)28)11-5-10-23-20(27)14-6-3-2-4-7-14/h8-9,12,14H,2-7,10-11H2,1H3,(H,23,27)(H,24,25). The highest BCUT2D eigenvalue weighted by atomic mass is 79.9. The Bertz CT molecular complexity index is 1080. The van der Waals surface area contributed by atoms with Gasteiger partial charge in [-0.25, -0.2) is 0 Å². The second-order valence-electron chi connectivity index (χ2n) is 7.67. The molecule has 0 radical (unpaired) electrons. The molecule has 0 bridgehead atoms. The van der Waals surface area contributed by atoms with Crippen molar-refractivity contribution < 1.29 is 4.79 Å². The van der Waals surface area contributed by atoms with Crippen LogP contribution in [-0.4, -0.2) is 27.2 Å². The highest BCUT2D eigenvalue weighted by Gasteiger charge is 2.20. The zero-order valence-electron chi connectivity index (χ0n) is 16.1. The molecule has 1 aromatic carbocycles. The van der Waals surface area contributed by atoms with E-state index in [4.69, 9.17) is 0 Å². The van der Waals surface area contributed by atoms with Crippen LogP contribution in [0.1, 0.15) is 44.2 Å². The molecular weight excluding hydrogens is 420 g/mol. The van der Waals surface area contributed by atoms with E-state index in [2.05, 4.69) is 31.4 Å². The fourth-order valence-corrected chi connectivity index (χ4v) is 4.60. The number of aryl methyl sites for hydroxylation is 2. The van der Waals surface area contributed by atoms with Crippen LogP contribution >= 0.6 is 15.9 Å². The highest BCUT2D eigenvalue weighted by molar-refractivity contribution is 9.10. The van der Waals surface area contributed by atoms with Gasteiger partial charge in [-0.1, -0.05) is 35.2 Å². The van der Waals surface area contributed by atoms with Gasteiger partial charge in [0.15, 0.2) is 0 Å². The summed E-state index contributed by atoms with van der Waals surface area (Å²) in [5.74, 6) is 0.335. The number of aromatic amines is 1. The van der Waals surface area contributed by atoms with Crippen molar-refractivity contribution >= 4 is 43.6 Å². The van der Waals surface area contributed by atoms with E-state index in [0.29, 0.717) is 30.4 Å². The second-order valence-corrected chi connectivity index (χ2v) is 8.59. The van der Waals surface area contributed by atoms with E-state index in [1.165, 1.54) is 6.42 Å². The van der Waals surface area contributed by atoms with Gasteiger partial charge in [-0.3, -0.25) is 14.7 Å². The molecule has 6 nitrogen and oxygen atoms in total. The molecule has 1 aliphatic rings. The summed E-state index contributed by atoms with van der Waals surface area (Å²) in [5.41, 5.74) is 2.32. The van der Waals surface area contributed by atoms with Gasteiger partial charge in [-0.2, -0.15) is 5.10 Å².